The lowest BCUT2D eigenvalue weighted by Gasteiger charge is -1.95. The van der Waals surface area contributed by atoms with Gasteiger partial charge in [-0.2, -0.15) is 0 Å². The van der Waals surface area contributed by atoms with Crippen LogP contribution in [0.15, 0.2) is 28.7 Å². The summed E-state index contributed by atoms with van der Waals surface area (Å²) in [5, 5.41) is 1.06. The normalized spacial score (nSPS) is 10.5. The molecule has 4 heteroatoms. The summed E-state index contributed by atoms with van der Waals surface area (Å²) in [7, 11) is 0. The maximum atomic E-state index is 11.5. The monoisotopic (exact) mass is 284 g/mol. The summed E-state index contributed by atoms with van der Waals surface area (Å²) in [6.07, 6.45) is 0. The first kappa shape index (κ1) is 10.6. The molecule has 0 unspecified atom stereocenters. The van der Waals surface area contributed by atoms with Crippen molar-refractivity contribution in [2.45, 2.75) is 6.92 Å². The minimum atomic E-state index is -0.245. The number of hydrogen-bond donors (Lipinski definition) is 0. The number of carbonyl (C=O) groups is 1. The summed E-state index contributed by atoms with van der Waals surface area (Å²) in [4.78, 5) is 12.2. The van der Waals surface area contributed by atoms with Crippen molar-refractivity contribution in [3.05, 3.63) is 33.6 Å². The van der Waals surface area contributed by atoms with Crippen LogP contribution in [0.4, 0.5) is 0 Å². The van der Waals surface area contributed by atoms with Crippen LogP contribution in [0.1, 0.15) is 16.6 Å². The van der Waals surface area contributed by atoms with Gasteiger partial charge in [0.15, 0.2) is 0 Å². The molecule has 0 atom stereocenters. The summed E-state index contributed by atoms with van der Waals surface area (Å²) < 4.78 is 7.05. The van der Waals surface area contributed by atoms with Crippen LogP contribution >= 0.6 is 27.3 Å². The van der Waals surface area contributed by atoms with Gasteiger partial charge >= 0.3 is 5.97 Å². The Morgan fingerprint density at radius 1 is 1.53 bits per heavy atom. The lowest BCUT2D eigenvalue weighted by atomic mass is 10.2. The predicted molar refractivity (Wildman–Crippen MR) is 65.5 cm³/mol. The topological polar surface area (TPSA) is 26.3 Å². The van der Waals surface area contributed by atoms with Crippen LogP contribution in [0.2, 0.25) is 0 Å². The van der Waals surface area contributed by atoms with Crippen LogP contribution < -0.4 is 0 Å². The number of esters is 1. The molecule has 1 heterocycles. The van der Waals surface area contributed by atoms with Crippen molar-refractivity contribution >= 4 is 43.3 Å². The van der Waals surface area contributed by atoms with E-state index in [0.717, 1.165) is 14.6 Å². The molecule has 0 fully saturated rings. The molecule has 1 aromatic heterocycles. The lowest BCUT2D eigenvalue weighted by Crippen LogP contribution is -2.01. The van der Waals surface area contributed by atoms with Crippen LogP contribution in [0, 0.1) is 0 Å². The molecule has 78 valence electrons. The average Bonchev–Trinajstić information content (AvgIpc) is 2.63. The SMILES string of the molecule is CCOC(=O)c1cc2c(Br)cccc2s1. The van der Waals surface area contributed by atoms with Gasteiger partial charge in [-0.3, -0.25) is 0 Å². The molecule has 0 bridgehead atoms. The van der Waals surface area contributed by atoms with Gasteiger partial charge in [-0.25, -0.2) is 4.79 Å². The molecule has 0 N–H and O–H groups in total. The van der Waals surface area contributed by atoms with E-state index in [0.29, 0.717) is 11.5 Å². The molecule has 0 spiro atoms. The zero-order chi connectivity index (χ0) is 10.8. The standard InChI is InChI=1S/C11H9BrO2S/c1-2-14-11(13)10-6-7-8(12)4-3-5-9(7)15-10/h3-6H,2H2,1H3. The number of hydrogen-bond acceptors (Lipinski definition) is 3. The quantitative estimate of drug-likeness (QED) is 0.784. The van der Waals surface area contributed by atoms with E-state index >= 15 is 0 Å². The van der Waals surface area contributed by atoms with E-state index in [2.05, 4.69) is 15.9 Å². The molecule has 2 nitrogen and oxygen atoms in total. The maximum absolute atomic E-state index is 11.5. The fourth-order valence-corrected chi connectivity index (χ4v) is 2.92. The van der Waals surface area contributed by atoms with Crippen LogP contribution in [0.25, 0.3) is 10.1 Å². The van der Waals surface area contributed by atoms with E-state index in [1.54, 1.807) is 6.92 Å². The molecule has 2 aromatic rings. The van der Waals surface area contributed by atoms with Crippen molar-refractivity contribution in [3.8, 4) is 0 Å². The third kappa shape index (κ3) is 2.06. The summed E-state index contributed by atoms with van der Waals surface area (Å²) in [5.74, 6) is -0.245. The number of carbonyl (C=O) groups excluding carboxylic acids is 1. The van der Waals surface area contributed by atoms with Gasteiger partial charge in [0.25, 0.3) is 0 Å². The first-order chi connectivity index (χ1) is 7.22. The molecule has 15 heavy (non-hydrogen) atoms. The minimum absolute atomic E-state index is 0.245. The van der Waals surface area contributed by atoms with Crippen LogP contribution in [-0.4, -0.2) is 12.6 Å². The number of halogens is 1. The Bertz CT molecular complexity index is 504. The zero-order valence-electron chi connectivity index (χ0n) is 8.12. The molecular formula is C11H9BrO2S. The Morgan fingerprint density at radius 2 is 2.33 bits per heavy atom. The fourth-order valence-electron chi connectivity index (χ4n) is 1.33. The van der Waals surface area contributed by atoms with E-state index in [-0.39, 0.29) is 5.97 Å². The molecule has 1 aromatic carbocycles. The Balaban J connectivity index is 2.47. The van der Waals surface area contributed by atoms with Gasteiger partial charge in [0.2, 0.25) is 0 Å². The summed E-state index contributed by atoms with van der Waals surface area (Å²) >= 11 is 4.91. The van der Waals surface area contributed by atoms with Gasteiger partial charge in [-0.1, -0.05) is 22.0 Å². The molecule has 0 saturated heterocycles. The van der Waals surface area contributed by atoms with E-state index in [9.17, 15) is 4.79 Å². The maximum Gasteiger partial charge on any atom is 0.348 e. The highest BCUT2D eigenvalue weighted by molar-refractivity contribution is 9.10. The molecule has 0 amide bonds. The van der Waals surface area contributed by atoms with E-state index in [1.807, 2.05) is 24.3 Å². The number of ether oxygens (including phenoxy) is 1. The summed E-state index contributed by atoms with van der Waals surface area (Å²) in [6.45, 7) is 2.22. The van der Waals surface area contributed by atoms with Crippen LogP contribution in [-0.2, 0) is 4.74 Å². The second kappa shape index (κ2) is 4.33. The second-order valence-electron chi connectivity index (χ2n) is 2.98. The van der Waals surface area contributed by atoms with E-state index in [1.165, 1.54) is 11.3 Å². The Hall–Kier alpha value is -0.870. The highest BCUT2D eigenvalue weighted by Gasteiger charge is 2.11. The van der Waals surface area contributed by atoms with Gasteiger partial charge in [-0.15, -0.1) is 11.3 Å². The van der Waals surface area contributed by atoms with Crippen molar-refractivity contribution in [2.75, 3.05) is 6.61 Å². The van der Waals surface area contributed by atoms with Gasteiger partial charge in [0.05, 0.1) is 6.61 Å². The van der Waals surface area contributed by atoms with Crippen molar-refractivity contribution in [2.24, 2.45) is 0 Å². The second-order valence-corrected chi connectivity index (χ2v) is 4.92. The van der Waals surface area contributed by atoms with Crippen LogP contribution in [0.3, 0.4) is 0 Å². The van der Waals surface area contributed by atoms with E-state index < -0.39 is 0 Å². The molecular weight excluding hydrogens is 276 g/mol. The molecule has 0 aliphatic heterocycles. The van der Waals surface area contributed by atoms with E-state index in [4.69, 9.17) is 4.74 Å². The van der Waals surface area contributed by atoms with Crippen molar-refractivity contribution < 1.29 is 9.53 Å². The Morgan fingerprint density at radius 3 is 3.00 bits per heavy atom. The first-order valence-corrected chi connectivity index (χ1v) is 6.18. The zero-order valence-corrected chi connectivity index (χ0v) is 10.5. The van der Waals surface area contributed by atoms with Crippen LogP contribution in [0.5, 0.6) is 0 Å². The smallest absolute Gasteiger partial charge is 0.348 e. The summed E-state index contributed by atoms with van der Waals surface area (Å²) in [5.41, 5.74) is 0. The molecule has 0 radical (unpaired) electrons. The van der Waals surface area contributed by atoms with Gasteiger partial charge in [0, 0.05) is 14.6 Å². The highest BCUT2D eigenvalue weighted by atomic mass is 79.9. The number of fused-ring (bicyclic) bond motifs is 1. The third-order valence-corrected chi connectivity index (χ3v) is 3.76. The summed E-state index contributed by atoms with van der Waals surface area (Å²) in [6, 6.07) is 7.78. The molecule has 2 rings (SSSR count). The molecule has 0 aliphatic rings. The van der Waals surface area contributed by atoms with Gasteiger partial charge in [-0.05, 0) is 25.1 Å². The average molecular weight is 285 g/mol. The van der Waals surface area contributed by atoms with Gasteiger partial charge < -0.3 is 4.74 Å². The largest absolute Gasteiger partial charge is 0.462 e. The highest BCUT2D eigenvalue weighted by Crippen LogP contribution is 2.31. The number of rotatable bonds is 2. The Kier molecular flexibility index (Phi) is 3.07. The first-order valence-electron chi connectivity index (χ1n) is 4.57. The van der Waals surface area contributed by atoms with Crippen molar-refractivity contribution in [1.29, 1.82) is 0 Å². The number of benzene rings is 1. The fraction of sp³-hybridized carbons (Fsp3) is 0.182. The predicted octanol–water partition coefficient (Wildman–Crippen LogP) is 3.84. The van der Waals surface area contributed by atoms with Crippen molar-refractivity contribution in [3.63, 3.8) is 0 Å². The third-order valence-electron chi connectivity index (χ3n) is 1.98. The lowest BCUT2D eigenvalue weighted by molar-refractivity contribution is 0.0532. The minimum Gasteiger partial charge on any atom is -0.462 e. The number of thiophene rings is 1. The van der Waals surface area contributed by atoms with Crippen molar-refractivity contribution in [1.82, 2.24) is 0 Å². The van der Waals surface area contributed by atoms with Gasteiger partial charge in [0.1, 0.15) is 4.88 Å². The molecule has 0 aliphatic carbocycles. The Labute approximate surface area is 100.0 Å². The molecule has 0 saturated carbocycles.